The average molecular weight is 372 g/mol. The first-order valence-electron chi connectivity index (χ1n) is 8.54. The molecule has 1 aromatic carbocycles. The standard InChI is InChI=1S/C17H25NO4S2/c1-17(11-12-23(19,20)13-17)18-24(21,22)16-9-7-15(8-10-16)14-5-3-2-4-6-14/h7-10,14,18H,2-6,11-13H2,1H3. The van der Waals surface area contributed by atoms with E-state index < -0.39 is 25.4 Å². The summed E-state index contributed by atoms with van der Waals surface area (Å²) in [6.07, 6.45) is 6.40. The Morgan fingerprint density at radius 3 is 2.25 bits per heavy atom. The van der Waals surface area contributed by atoms with Crippen molar-refractivity contribution in [2.45, 2.75) is 61.8 Å². The molecule has 3 rings (SSSR count). The molecule has 0 aromatic heterocycles. The van der Waals surface area contributed by atoms with Gasteiger partial charge in [0.1, 0.15) is 0 Å². The Hall–Kier alpha value is -0.920. The number of rotatable bonds is 4. The van der Waals surface area contributed by atoms with Crippen molar-refractivity contribution < 1.29 is 16.8 Å². The third-order valence-electron chi connectivity index (χ3n) is 5.15. The Morgan fingerprint density at radius 2 is 1.71 bits per heavy atom. The molecule has 1 saturated heterocycles. The van der Waals surface area contributed by atoms with Crippen LogP contribution < -0.4 is 4.72 Å². The molecule has 1 N–H and O–H groups in total. The van der Waals surface area contributed by atoms with Gasteiger partial charge in [-0.2, -0.15) is 0 Å². The maximum atomic E-state index is 12.6. The van der Waals surface area contributed by atoms with Crippen molar-refractivity contribution in [3.05, 3.63) is 29.8 Å². The van der Waals surface area contributed by atoms with Crippen molar-refractivity contribution in [1.29, 1.82) is 0 Å². The smallest absolute Gasteiger partial charge is 0.229 e. The predicted molar refractivity (Wildman–Crippen MR) is 94.3 cm³/mol. The van der Waals surface area contributed by atoms with Crippen LogP contribution in [-0.4, -0.2) is 33.9 Å². The molecule has 0 amide bonds. The molecule has 2 fully saturated rings. The number of nitrogens with one attached hydrogen (secondary N) is 1. The van der Waals surface area contributed by atoms with Crippen LogP contribution in [0.1, 0.15) is 56.9 Å². The fourth-order valence-corrected chi connectivity index (χ4v) is 7.45. The average Bonchev–Trinajstić information content (AvgIpc) is 2.81. The van der Waals surface area contributed by atoms with E-state index in [1.807, 2.05) is 12.1 Å². The van der Waals surface area contributed by atoms with Crippen molar-refractivity contribution >= 4 is 19.9 Å². The van der Waals surface area contributed by atoms with E-state index in [0.29, 0.717) is 12.3 Å². The van der Waals surface area contributed by atoms with Crippen LogP contribution in [0.15, 0.2) is 29.2 Å². The highest BCUT2D eigenvalue weighted by atomic mass is 32.2. The summed E-state index contributed by atoms with van der Waals surface area (Å²) < 4.78 is 51.1. The van der Waals surface area contributed by atoms with Gasteiger partial charge >= 0.3 is 0 Å². The summed E-state index contributed by atoms with van der Waals surface area (Å²) in [5.74, 6) is 0.424. The molecule has 1 saturated carbocycles. The van der Waals surface area contributed by atoms with Gasteiger partial charge in [0, 0.05) is 5.54 Å². The van der Waals surface area contributed by atoms with E-state index in [2.05, 4.69) is 4.72 Å². The molecule has 134 valence electrons. The van der Waals surface area contributed by atoms with Crippen LogP contribution in [0.3, 0.4) is 0 Å². The molecule has 0 bridgehead atoms. The van der Waals surface area contributed by atoms with Crippen LogP contribution in [-0.2, 0) is 19.9 Å². The lowest BCUT2D eigenvalue weighted by molar-refractivity contribution is 0.443. The number of hydrogen-bond acceptors (Lipinski definition) is 4. The number of benzene rings is 1. The molecule has 2 aliphatic rings. The summed E-state index contributed by atoms with van der Waals surface area (Å²) in [6, 6.07) is 7.08. The highest BCUT2D eigenvalue weighted by Gasteiger charge is 2.41. The van der Waals surface area contributed by atoms with Crippen LogP contribution >= 0.6 is 0 Å². The van der Waals surface area contributed by atoms with Gasteiger partial charge in [0.05, 0.1) is 16.4 Å². The summed E-state index contributed by atoms with van der Waals surface area (Å²) >= 11 is 0. The molecule has 24 heavy (non-hydrogen) atoms. The van der Waals surface area contributed by atoms with Gasteiger partial charge in [-0.05, 0) is 49.8 Å². The Kier molecular flexibility index (Phi) is 4.79. The van der Waals surface area contributed by atoms with Crippen molar-refractivity contribution in [3.8, 4) is 0 Å². The zero-order valence-corrected chi connectivity index (χ0v) is 15.6. The molecule has 0 radical (unpaired) electrons. The van der Waals surface area contributed by atoms with Crippen molar-refractivity contribution in [2.24, 2.45) is 0 Å². The second kappa shape index (κ2) is 6.42. The lowest BCUT2D eigenvalue weighted by Gasteiger charge is -2.24. The number of hydrogen-bond donors (Lipinski definition) is 1. The van der Waals surface area contributed by atoms with E-state index in [0.717, 1.165) is 0 Å². The topological polar surface area (TPSA) is 80.3 Å². The van der Waals surface area contributed by atoms with Gasteiger partial charge in [0.25, 0.3) is 0 Å². The van der Waals surface area contributed by atoms with Gasteiger partial charge in [-0.1, -0.05) is 31.4 Å². The van der Waals surface area contributed by atoms with E-state index in [-0.39, 0.29) is 16.4 Å². The Morgan fingerprint density at radius 1 is 1.08 bits per heavy atom. The van der Waals surface area contributed by atoms with E-state index in [9.17, 15) is 16.8 Å². The second-order valence-corrected chi connectivity index (χ2v) is 11.3. The monoisotopic (exact) mass is 371 g/mol. The molecule has 5 nitrogen and oxygen atoms in total. The maximum absolute atomic E-state index is 12.6. The molecule has 1 aromatic rings. The minimum absolute atomic E-state index is 0.0344. The molecular formula is C17H25NO4S2. The van der Waals surface area contributed by atoms with Crippen LogP contribution in [0.4, 0.5) is 0 Å². The molecule has 1 unspecified atom stereocenters. The SMILES string of the molecule is CC1(NS(=O)(=O)c2ccc(C3CCCCC3)cc2)CCS(=O)(=O)C1. The second-order valence-electron chi connectivity index (χ2n) is 7.41. The normalized spacial score (nSPS) is 28.0. The van der Waals surface area contributed by atoms with Crippen LogP contribution in [0.25, 0.3) is 0 Å². The minimum atomic E-state index is -3.71. The van der Waals surface area contributed by atoms with Gasteiger partial charge in [0.15, 0.2) is 9.84 Å². The van der Waals surface area contributed by atoms with Gasteiger partial charge < -0.3 is 0 Å². The molecule has 1 aliphatic heterocycles. The zero-order valence-electron chi connectivity index (χ0n) is 14.0. The quantitative estimate of drug-likeness (QED) is 0.882. The van der Waals surface area contributed by atoms with Crippen molar-refractivity contribution in [3.63, 3.8) is 0 Å². The van der Waals surface area contributed by atoms with Crippen LogP contribution in [0.2, 0.25) is 0 Å². The lowest BCUT2D eigenvalue weighted by Crippen LogP contribution is -2.46. The molecular weight excluding hydrogens is 346 g/mol. The first-order valence-corrected chi connectivity index (χ1v) is 11.8. The van der Waals surface area contributed by atoms with Gasteiger partial charge in [-0.25, -0.2) is 21.6 Å². The largest absolute Gasteiger partial charge is 0.241 e. The minimum Gasteiger partial charge on any atom is -0.229 e. The van der Waals surface area contributed by atoms with Crippen LogP contribution in [0.5, 0.6) is 0 Å². The third kappa shape index (κ3) is 4.00. The van der Waals surface area contributed by atoms with Gasteiger partial charge in [0.2, 0.25) is 10.0 Å². The van der Waals surface area contributed by atoms with Crippen molar-refractivity contribution in [1.82, 2.24) is 4.72 Å². The summed E-state index contributed by atoms with van der Waals surface area (Å²) in [4.78, 5) is 0.201. The Balaban J connectivity index is 1.75. The Bertz CT molecular complexity index is 793. The number of sulfonamides is 1. The first-order chi connectivity index (χ1) is 11.2. The maximum Gasteiger partial charge on any atom is 0.241 e. The van der Waals surface area contributed by atoms with E-state index in [1.54, 1.807) is 19.1 Å². The predicted octanol–water partition coefficient (Wildman–Crippen LogP) is 2.59. The first kappa shape index (κ1) is 17.9. The lowest BCUT2D eigenvalue weighted by atomic mass is 9.84. The highest BCUT2D eigenvalue weighted by Crippen LogP contribution is 2.33. The molecule has 0 spiro atoms. The van der Waals surface area contributed by atoms with E-state index in [4.69, 9.17) is 0 Å². The molecule has 1 heterocycles. The summed E-state index contributed by atoms with van der Waals surface area (Å²) in [5.41, 5.74) is 0.281. The van der Waals surface area contributed by atoms with E-state index >= 15 is 0 Å². The van der Waals surface area contributed by atoms with Crippen LogP contribution in [0, 0.1) is 0 Å². The van der Waals surface area contributed by atoms with E-state index in [1.165, 1.54) is 37.7 Å². The fourth-order valence-electron chi connectivity index (χ4n) is 3.83. The Labute approximate surface area is 144 Å². The summed E-state index contributed by atoms with van der Waals surface area (Å²) in [6.45, 7) is 1.66. The molecule has 7 heteroatoms. The molecule has 1 atom stereocenters. The van der Waals surface area contributed by atoms with Gasteiger partial charge in [-0.3, -0.25) is 0 Å². The number of sulfone groups is 1. The molecule has 1 aliphatic carbocycles. The summed E-state index contributed by atoms with van der Waals surface area (Å²) in [5, 5.41) is 0. The highest BCUT2D eigenvalue weighted by molar-refractivity contribution is 7.92. The van der Waals surface area contributed by atoms with Crippen molar-refractivity contribution in [2.75, 3.05) is 11.5 Å². The van der Waals surface area contributed by atoms with Gasteiger partial charge in [-0.15, -0.1) is 0 Å². The fraction of sp³-hybridized carbons (Fsp3) is 0.647. The third-order valence-corrected chi connectivity index (χ3v) is 8.71. The zero-order chi connectivity index (χ0) is 17.4. The summed E-state index contributed by atoms with van der Waals surface area (Å²) in [7, 11) is -6.87.